The minimum Gasteiger partial charge on any atom is -0.492 e. The molecule has 0 saturated carbocycles. The van der Waals surface area contributed by atoms with Gasteiger partial charge in [-0.3, -0.25) is 4.79 Å². The number of ether oxygens (including phenoxy) is 1. The molecule has 78 valence electrons. The first kappa shape index (κ1) is 10.1. The topological polar surface area (TPSA) is 42.1 Å². The van der Waals surface area contributed by atoms with Crippen molar-refractivity contribution in [2.75, 3.05) is 6.61 Å². The number of nitrogens with one attached hydrogen (secondary N) is 1. The van der Waals surface area contributed by atoms with Gasteiger partial charge >= 0.3 is 0 Å². The fourth-order valence-electron chi connectivity index (χ4n) is 1.47. The summed E-state index contributed by atoms with van der Waals surface area (Å²) in [7, 11) is 0. The summed E-state index contributed by atoms with van der Waals surface area (Å²) < 4.78 is 5.40. The van der Waals surface area contributed by atoms with E-state index in [4.69, 9.17) is 16.3 Å². The van der Waals surface area contributed by atoms with Gasteiger partial charge in [-0.25, -0.2) is 0 Å². The van der Waals surface area contributed by atoms with Gasteiger partial charge in [0, 0.05) is 6.20 Å². The smallest absolute Gasteiger partial charge is 0.208 e. The lowest BCUT2D eigenvalue weighted by atomic mass is 10.2. The van der Waals surface area contributed by atoms with Crippen molar-refractivity contribution in [2.45, 2.75) is 6.92 Å². The van der Waals surface area contributed by atoms with E-state index in [0.717, 1.165) is 0 Å². The van der Waals surface area contributed by atoms with Crippen LogP contribution in [-0.2, 0) is 0 Å². The number of aromatic amines is 1. The van der Waals surface area contributed by atoms with Crippen molar-refractivity contribution in [2.24, 2.45) is 0 Å². The number of halogens is 1. The Kier molecular flexibility index (Phi) is 2.64. The quantitative estimate of drug-likeness (QED) is 0.850. The molecule has 0 bridgehead atoms. The molecule has 0 amide bonds. The number of benzene rings is 1. The van der Waals surface area contributed by atoms with Crippen LogP contribution in [0.4, 0.5) is 0 Å². The molecule has 3 nitrogen and oxygen atoms in total. The van der Waals surface area contributed by atoms with Crippen LogP contribution in [0, 0.1) is 0 Å². The minimum atomic E-state index is -0.174. The highest BCUT2D eigenvalue weighted by molar-refractivity contribution is 6.31. The average Bonchev–Trinajstić information content (AvgIpc) is 2.25. The van der Waals surface area contributed by atoms with Crippen molar-refractivity contribution < 1.29 is 4.74 Å². The fourth-order valence-corrected chi connectivity index (χ4v) is 1.63. The highest BCUT2D eigenvalue weighted by atomic mass is 35.5. The van der Waals surface area contributed by atoms with E-state index in [9.17, 15) is 4.79 Å². The second-order valence-electron chi connectivity index (χ2n) is 3.08. The number of H-pyrrole nitrogens is 1. The number of rotatable bonds is 2. The first-order valence-electron chi connectivity index (χ1n) is 4.66. The molecule has 2 rings (SSSR count). The molecule has 0 unspecified atom stereocenters. The Morgan fingerprint density at radius 2 is 2.27 bits per heavy atom. The van der Waals surface area contributed by atoms with E-state index >= 15 is 0 Å². The predicted octanol–water partition coefficient (Wildman–Crippen LogP) is 2.58. The molecule has 2 aromatic rings. The summed E-state index contributed by atoms with van der Waals surface area (Å²) in [5.41, 5.74) is 0.515. The lowest BCUT2D eigenvalue weighted by Crippen LogP contribution is -2.04. The lowest BCUT2D eigenvalue weighted by molar-refractivity contribution is 0.343. The van der Waals surface area contributed by atoms with E-state index in [2.05, 4.69) is 4.98 Å². The van der Waals surface area contributed by atoms with Crippen molar-refractivity contribution >= 4 is 22.5 Å². The fraction of sp³-hybridized carbons (Fsp3) is 0.182. The van der Waals surface area contributed by atoms with Crippen molar-refractivity contribution in [1.29, 1.82) is 0 Å². The number of aromatic nitrogens is 1. The number of para-hydroxylation sites is 1. The van der Waals surface area contributed by atoms with Gasteiger partial charge in [-0.2, -0.15) is 0 Å². The Morgan fingerprint density at radius 1 is 1.47 bits per heavy atom. The van der Waals surface area contributed by atoms with Crippen LogP contribution in [0.25, 0.3) is 10.9 Å². The van der Waals surface area contributed by atoms with Crippen LogP contribution >= 0.6 is 11.6 Å². The van der Waals surface area contributed by atoms with Crippen LogP contribution in [0.3, 0.4) is 0 Å². The van der Waals surface area contributed by atoms with E-state index in [1.807, 2.05) is 13.0 Å². The molecule has 1 aromatic carbocycles. The highest BCUT2D eigenvalue weighted by Gasteiger charge is 2.06. The molecule has 0 radical (unpaired) electrons. The number of fused-ring (bicyclic) bond motifs is 1. The molecule has 0 atom stereocenters. The third kappa shape index (κ3) is 1.70. The van der Waals surface area contributed by atoms with Crippen LogP contribution in [0.15, 0.2) is 29.2 Å². The van der Waals surface area contributed by atoms with Gasteiger partial charge < -0.3 is 9.72 Å². The largest absolute Gasteiger partial charge is 0.492 e. The Bertz CT molecular complexity index is 548. The highest BCUT2D eigenvalue weighted by Crippen LogP contribution is 2.22. The molecular formula is C11H10ClNO2. The standard InChI is InChI=1S/C11H10ClNO2/c1-2-15-9-5-3-4-7-10(9)13-6-8(12)11(7)14/h3-6H,2H2,1H3,(H,13,14). The van der Waals surface area contributed by atoms with E-state index in [1.54, 1.807) is 12.1 Å². The predicted molar refractivity (Wildman–Crippen MR) is 60.7 cm³/mol. The van der Waals surface area contributed by atoms with Gasteiger partial charge in [-0.05, 0) is 19.1 Å². The molecular weight excluding hydrogens is 214 g/mol. The molecule has 1 N–H and O–H groups in total. The first-order chi connectivity index (χ1) is 7.24. The van der Waals surface area contributed by atoms with Crippen LogP contribution < -0.4 is 10.2 Å². The number of hydrogen-bond donors (Lipinski definition) is 1. The Hall–Kier alpha value is -1.48. The van der Waals surface area contributed by atoms with Crippen molar-refractivity contribution in [3.05, 3.63) is 39.6 Å². The molecule has 0 aliphatic rings. The molecule has 0 saturated heterocycles. The zero-order chi connectivity index (χ0) is 10.8. The molecule has 0 aliphatic carbocycles. The SMILES string of the molecule is CCOc1cccc2c(=O)c(Cl)c[nH]c12. The number of hydrogen-bond acceptors (Lipinski definition) is 2. The van der Waals surface area contributed by atoms with E-state index in [-0.39, 0.29) is 10.5 Å². The molecule has 1 aromatic heterocycles. The summed E-state index contributed by atoms with van der Waals surface area (Å²) >= 11 is 5.73. The summed E-state index contributed by atoms with van der Waals surface area (Å²) in [6, 6.07) is 5.32. The molecule has 15 heavy (non-hydrogen) atoms. The van der Waals surface area contributed by atoms with Gasteiger partial charge in [0.25, 0.3) is 0 Å². The molecule has 0 spiro atoms. The summed E-state index contributed by atoms with van der Waals surface area (Å²) in [6.07, 6.45) is 1.48. The monoisotopic (exact) mass is 223 g/mol. The third-order valence-electron chi connectivity index (χ3n) is 2.13. The zero-order valence-corrected chi connectivity index (χ0v) is 8.97. The van der Waals surface area contributed by atoms with Crippen LogP contribution in [-0.4, -0.2) is 11.6 Å². The lowest BCUT2D eigenvalue weighted by Gasteiger charge is -2.06. The van der Waals surface area contributed by atoms with Crippen LogP contribution in [0.1, 0.15) is 6.92 Å². The third-order valence-corrected chi connectivity index (χ3v) is 2.41. The van der Waals surface area contributed by atoms with Crippen molar-refractivity contribution in [1.82, 2.24) is 4.98 Å². The van der Waals surface area contributed by atoms with Crippen LogP contribution in [0.2, 0.25) is 5.02 Å². The first-order valence-corrected chi connectivity index (χ1v) is 5.04. The second kappa shape index (κ2) is 3.95. The molecule has 0 aliphatic heterocycles. The average molecular weight is 224 g/mol. The maximum atomic E-state index is 11.7. The maximum absolute atomic E-state index is 11.7. The van der Waals surface area contributed by atoms with Gasteiger partial charge in [-0.15, -0.1) is 0 Å². The molecule has 0 fully saturated rings. The molecule has 4 heteroatoms. The van der Waals surface area contributed by atoms with Gasteiger partial charge in [0.05, 0.1) is 17.5 Å². The minimum absolute atomic E-state index is 0.174. The summed E-state index contributed by atoms with van der Waals surface area (Å²) in [4.78, 5) is 14.6. The van der Waals surface area contributed by atoms with Gasteiger partial charge in [0.1, 0.15) is 10.8 Å². The van der Waals surface area contributed by atoms with Gasteiger partial charge in [0.2, 0.25) is 5.43 Å². The normalized spacial score (nSPS) is 10.5. The van der Waals surface area contributed by atoms with Gasteiger partial charge in [-0.1, -0.05) is 17.7 Å². The van der Waals surface area contributed by atoms with Crippen molar-refractivity contribution in [3.63, 3.8) is 0 Å². The zero-order valence-electron chi connectivity index (χ0n) is 8.21. The second-order valence-corrected chi connectivity index (χ2v) is 3.48. The molecule has 1 heterocycles. The van der Waals surface area contributed by atoms with Crippen molar-refractivity contribution in [3.8, 4) is 5.75 Å². The Balaban J connectivity index is 2.77. The Morgan fingerprint density at radius 3 is 3.00 bits per heavy atom. The van der Waals surface area contributed by atoms with E-state index in [0.29, 0.717) is 23.3 Å². The summed E-state index contributed by atoms with van der Waals surface area (Å²) in [5.74, 6) is 0.670. The van der Waals surface area contributed by atoms with Gasteiger partial charge in [0.15, 0.2) is 0 Å². The van der Waals surface area contributed by atoms with E-state index < -0.39 is 0 Å². The summed E-state index contributed by atoms with van der Waals surface area (Å²) in [5, 5.41) is 0.740. The number of pyridine rings is 1. The van der Waals surface area contributed by atoms with E-state index in [1.165, 1.54) is 6.20 Å². The maximum Gasteiger partial charge on any atom is 0.208 e. The Labute approximate surface area is 91.6 Å². The summed E-state index contributed by atoms with van der Waals surface area (Å²) in [6.45, 7) is 2.45. The van der Waals surface area contributed by atoms with Crippen LogP contribution in [0.5, 0.6) is 5.75 Å².